The molecule has 138 valence electrons. The molecule has 0 bridgehead atoms. The van der Waals surface area contributed by atoms with Crippen LogP contribution in [0.15, 0.2) is 24.3 Å². The minimum absolute atomic E-state index is 0.0300. The van der Waals surface area contributed by atoms with Crippen LogP contribution in [0.25, 0.3) is 0 Å². The summed E-state index contributed by atoms with van der Waals surface area (Å²) >= 11 is 0. The summed E-state index contributed by atoms with van der Waals surface area (Å²) in [5.41, 5.74) is 1.39. The number of amides is 2. The van der Waals surface area contributed by atoms with Gasteiger partial charge in [0.15, 0.2) is 0 Å². The Labute approximate surface area is 150 Å². The number of carbonyl (C=O) groups is 2. The molecule has 1 aromatic carbocycles. The van der Waals surface area contributed by atoms with Gasteiger partial charge in [-0.3, -0.25) is 9.59 Å². The summed E-state index contributed by atoms with van der Waals surface area (Å²) in [6.45, 7) is 8.44. The van der Waals surface area contributed by atoms with Crippen molar-refractivity contribution < 1.29 is 9.59 Å². The molecule has 1 aliphatic heterocycles. The summed E-state index contributed by atoms with van der Waals surface area (Å²) in [6.07, 6.45) is 1.57. The van der Waals surface area contributed by atoms with Crippen LogP contribution in [-0.4, -0.2) is 43.0 Å². The van der Waals surface area contributed by atoms with E-state index in [4.69, 9.17) is 0 Å². The average Bonchev–Trinajstić information content (AvgIpc) is 2.43. The van der Waals surface area contributed by atoms with Gasteiger partial charge < -0.3 is 20.9 Å². The van der Waals surface area contributed by atoms with Crippen molar-refractivity contribution in [2.75, 3.05) is 24.3 Å². The predicted molar refractivity (Wildman–Crippen MR) is 102 cm³/mol. The highest BCUT2D eigenvalue weighted by Crippen LogP contribution is 2.28. The van der Waals surface area contributed by atoms with Gasteiger partial charge in [0, 0.05) is 42.6 Å². The Morgan fingerprint density at radius 3 is 2.24 bits per heavy atom. The van der Waals surface area contributed by atoms with E-state index in [0.29, 0.717) is 5.69 Å². The summed E-state index contributed by atoms with van der Waals surface area (Å²) in [5.74, 6) is -1.22. The Morgan fingerprint density at radius 2 is 1.68 bits per heavy atom. The molecule has 2 rings (SSSR count). The van der Waals surface area contributed by atoms with E-state index < -0.39 is 11.8 Å². The second-order valence-electron chi connectivity index (χ2n) is 8.37. The lowest BCUT2D eigenvalue weighted by Gasteiger charge is -2.46. The zero-order chi connectivity index (χ0) is 18.8. The van der Waals surface area contributed by atoms with E-state index in [2.05, 4.69) is 43.6 Å². The molecule has 6 heteroatoms. The molecule has 0 radical (unpaired) electrons. The number of anilines is 2. The van der Waals surface area contributed by atoms with E-state index in [1.54, 1.807) is 6.07 Å². The fourth-order valence-electron chi connectivity index (χ4n) is 3.72. The highest BCUT2D eigenvalue weighted by atomic mass is 16.2. The average molecular weight is 346 g/mol. The molecule has 1 fully saturated rings. The second-order valence-corrected chi connectivity index (χ2v) is 8.37. The number of piperidine rings is 1. The van der Waals surface area contributed by atoms with Gasteiger partial charge in [-0.25, -0.2) is 0 Å². The Morgan fingerprint density at radius 1 is 1.08 bits per heavy atom. The number of carbonyl (C=O) groups excluding carboxylic acids is 2. The van der Waals surface area contributed by atoms with E-state index in [1.165, 1.54) is 0 Å². The van der Waals surface area contributed by atoms with E-state index in [-0.39, 0.29) is 17.1 Å². The predicted octanol–water partition coefficient (Wildman–Crippen LogP) is 2.12. The van der Waals surface area contributed by atoms with Crippen LogP contribution >= 0.6 is 0 Å². The summed E-state index contributed by atoms with van der Waals surface area (Å²) < 4.78 is 0. The Hall–Kier alpha value is -2.08. The van der Waals surface area contributed by atoms with Crippen molar-refractivity contribution in [2.45, 2.75) is 57.7 Å². The number of rotatable bonds is 3. The smallest absolute Gasteiger partial charge is 0.313 e. The molecule has 0 unspecified atom stereocenters. The number of hydrogen-bond acceptors (Lipinski definition) is 4. The fraction of sp³-hybridized carbons (Fsp3) is 0.579. The minimum atomic E-state index is -0.634. The first kappa shape index (κ1) is 19.2. The number of benzene rings is 1. The highest BCUT2D eigenvalue weighted by Gasteiger charge is 2.38. The van der Waals surface area contributed by atoms with Gasteiger partial charge in [-0.05, 0) is 58.7 Å². The van der Waals surface area contributed by atoms with E-state index in [9.17, 15) is 9.59 Å². The number of nitrogens with one attached hydrogen (secondary N) is 3. The van der Waals surface area contributed by atoms with E-state index >= 15 is 0 Å². The van der Waals surface area contributed by atoms with Crippen LogP contribution in [0.3, 0.4) is 0 Å². The molecule has 0 saturated carbocycles. The van der Waals surface area contributed by atoms with Crippen LogP contribution in [0.4, 0.5) is 11.4 Å². The third-order valence-electron chi connectivity index (χ3n) is 4.35. The summed E-state index contributed by atoms with van der Waals surface area (Å²) in [7, 11) is 3.85. The summed E-state index contributed by atoms with van der Waals surface area (Å²) in [6, 6.07) is 7.37. The van der Waals surface area contributed by atoms with Gasteiger partial charge in [0.2, 0.25) is 0 Å². The van der Waals surface area contributed by atoms with Crippen molar-refractivity contribution in [1.82, 2.24) is 10.6 Å². The van der Waals surface area contributed by atoms with Gasteiger partial charge in [-0.15, -0.1) is 0 Å². The molecule has 0 aromatic heterocycles. The SMILES string of the molecule is CN(C)c1cccc(NC(=O)C(=O)NC2CC(C)(C)NC(C)(C)C2)c1. The molecule has 0 spiro atoms. The Balaban J connectivity index is 1.98. The van der Waals surface area contributed by atoms with Crippen LogP contribution in [0.2, 0.25) is 0 Å². The van der Waals surface area contributed by atoms with E-state index in [1.807, 2.05) is 37.2 Å². The molecule has 0 atom stereocenters. The van der Waals surface area contributed by atoms with Crippen molar-refractivity contribution in [2.24, 2.45) is 0 Å². The molecule has 0 aliphatic carbocycles. The third kappa shape index (κ3) is 5.46. The van der Waals surface area contributed by atoms with Crippen LogP contribution < -0.4 is 20.9 Å². The molecule has 1 heterocycles. The molecule has 2 amide bonds. The monoisotopic (exact) mass is 346 g/mol. The first-order valence-corrected chi connectivity index (χ1v) is 8.66. The zero-order valence-electron chi connectivity index (χ0n) is 16.1. The quantitative estimate of drug-likeness (QED) is 0.733. The van der Waals surface area contributed by atoms with E-state index in [0.717, 1.165) is 18.5 Å². The third-order valence-corrected chi connectivity index (χ3v) is 4.35. The van der Waals surface area contributed by atoms with Crippen LogP contribution in [0, 0.1) is 0 Å². The molecule has 3 N–H and O–H groups in total. The summed E-state index contributed by atoms with van der Waals surface area (Å²) in [4.78, 5) is 26.5. The number of hydrogen-bond donors (Lipinski definition) is 3. The minimum Gasteiger partial charge on any atom is -0.378 e. The second kappa shape index (κ2) is 7.04. The molecule has 1 aromatic rings. The Kier molecular flexibility index (Phi) is 5.42. The number of nitrogens with zero attached hydrogens (tertiary/aromatic N) is 1. The van der Waals surface area contributed by atoms with Crippen molar-refractivity contribution in [3.63, 3.8) is 0 Å². The van der Waals surface area contributed by atoms with Crippen molar-refractivity contribution in [3.05, 3.63) is 24.3 Å². The van der Waals surface area contributed by atoms with Crippen molar-refractivity contribution in [1.29, 1.82) is 0 Å². The standard InChI is InChI=1S/C19H30N4O2/c1-18(2)11-14(12-19(3,4)22-18)21-17(25)16(24)20-13-8-7-9-15(10-13)23(5)6/h7-10,14,22H,11-12H2,1-6H3,(H,20,24)(H,21,25). The maximum atomic E-state index is 12.3. The highest BCUT2D eigenvalue weighted by molar-refractivity contribution is 6.39. The van der Waals surface area contributed by atoms with Gasteiger partial charge >= 0.3 is 11.8 Å². The van der Waals surface area contributed by atoms with Crippen LogP contribution in [-0.2, 0) is 9.59 Å². The van der Waals surface area contributed by atoms with Gasteiger partial charge in [-0.2, -0.15) is 0 Å². The first-order valence-electron chi connectivity index (χ1n) is 8.66. The van der Waals surface area contributed by atoms with Crippen LogP contribution in [0.1, 0.15) is 40.5 Å². The normalized spacial score (nSPS) is 19.1. The van der Waals surface area contributed by atoms with Gasteiger partial charge in [-0.1, -0.05) is 6.07 Å². The molecule has 25 heavy (non-hydrogen) atoms. The Bertz CT molecular complexity index is 637. The first-order chi connectivity index (χ1) is 11.5. The molecule has 1 saturated heterocycles. The van der Waals surface area contributed by atoms with Gasteiger partial charge in [0.25, 0.3) is 0 Å². The maximum absolute atomic E-state index is 12.3. The molecule has 6 nitrogen and oxygen atoms in total. The topological polar surface area (TPSA) is 73.5 Å². The molecule has 1 aliphatic rings. The van der Waals surface area contributed by atoms with Gasteiger partial charge in [0.05, 0.1) is 0 Å². The lowest BCUT2D eigenvalue weighted by Crippen LogP contribution is -2.62. The lowest BCUT2D eigenvalue weighted by molar-refractivity contribution is -0.137. The zero-order valence-corrected chi connectivity index (χ0v) is 16.1. The molecular weight excluding hydrogens is 316 g/mol. The van der Waals surface area contributed by atoms with Gasteiger partial charge in [0.1, 0.15) is 0 Å². The lowest BCUT2D eigenvalue weighted by atomic mass is 9.79. The summed E-state index contributed by atoms with van der Waals surface area (Å²) in [5, 5.41) is 9.13. The molecular formula is C19H30N4O2. The largest absolute Gasteiger partial charge is 0.378 e. The van der Waals surface area contributed by atoms with Crippen LogP contribution in [0.5, 0.6) is 0 Å². The maximum Gasteiger partial charge on any atom is 0.313 e. The van der Waals surface area contributed by atoms with Crippen molar-refractivity contribution in [3.8, 4) is 0 Å². The fourth-order valence-corrected chi connectivity index (χ4v) is 3.72. The van der Waals surface area contributed by atoms with Crippen molar-refractivity contribution >= 4 is 23.2 Å².